The third kappa shape index (κ3) is 4.01. The standard InChI is InChI=1S/C16H24Br2N2O/c1-4-21-15-12(8-13(17)9-14(15)18)10-19-11-16(20(2)3)6-5-7-16/h8-9,19H,4-7,10-11H2,1-3H3. The molecule has 1 aliphatic rings. The van der Waals surface area contributed by atoms with Gasteiger partial charge in [-0.1, -0.05) is 15.9 Å². The predicted molar refractivity (Wildman–Crippen MR) is 95.0 cm³/mol. The Morgan fingerprint density at radius 2 is 2.00 bits per heavy atom. The van der Waals surface area contributed by atoms with Crippen molar-refractivity contribution in [1.29, 1.82) is 0 Å². The highest BCUT2D eigenvalue weighted by Gasteiger charge is 2.38. The molecule has 1 aromatic rings. The van der Waals surface area contributed by atoms with E-state index in [2.05, 4.69) is 62.2 Å². The lowest BCUT2D eigenvalue weighted by atomic mass is 9.75. The second-order valence-corrected chi connectivity index (χ2v) is 7.65. The van der Waals surface area contributed by atoms with Crippen LogP contribution in [0.25, 0.3) is 0 Å². The van der Waals surface area contributed by atoms with Crippen molar-refractivity contribution in [3.05, 3.63) is 26.6 Å². The minimum absolute atomic E-state index is 0.342. The van der Waals surface area contributed by atoms with Crippen LogP contribution in [0.3, 0.4) is 0 Å². The molecule has 0 heterocycles. The highest BCUT2D eigenvalue weighted by atomic mass is 79.9. The van der Waals surface area contributed by atoms with E-state index in [0.29, 0.717) is 12.1 Å². The van der Waals surface area contributed by atoms with Crippen LogP contribution in [-0.4, -0.2) is 37.7 Å². The van der Waals surface area contributed by atoms with Gasteiger partial charge in [-0.15, -0.1) is 0 Å². The molecule has 21 heavy (non-hydrogen) atoms. The van der Waals surface area contributed by atoms with E-state index >= 15 is 0 Å². The molecule has 0 bridgehead atoms. The number of halogens is 2. The monoisotopic (exact) mass is 418 g/mol. The average molecular weight is 420 g/mol. The molecule has 0 radical (unpaired) electrons. The molecule has 0 atom stereocenters. The van der Waals surface area contributed by atoms with Gasteiger partial charge in [-0.25, -0.2) is 0 Å². The largest absolute Gasteiger partial charge is 0.492 e. The molecule has 3 nitrogen and oxygen atoms in total. The Morgan fingerprint density at radius 1 is 1.29 bits per heavy atom. The highest BCUT2D eigenvalue weighted by molar-refractivity contribution is 9.11. The molecular formula is C16H24Br2N2O. The first-order valence-electron chi connectivity index (χ1n) is 7.47. The first-order chi connectivity index (χ1) is 9.98. The minimum Gasteiger partial charge on any atom is -0.492 e. The van der Waals surface area contributed by atoms with Crippen molar-refractivity contribution in [2.45, 2.75) is 38.3 Å². The number of benzene rings is 1. The van der Waals surface area contributed by atoms with Gasteiger partial charge in [0, 0.05) is 28.7 Å². The van der Waals surface area contributed by atoms with Gasteiger partial charge in [0.25, 0.3) is 0 Å². The maximum Gasteiger partial charge on any atom is 0.138 e. The van der Waals surface area contributed by atoms with Gasteiger partial charge in [-0.05, 0) is 68.3 Å². The molecule has 118 valence electrons. The predicted octanol–water partition coefficient (Wildman–Crippen LogP) is 4.18. The van der Waals surface area contributed by atoms with Crippen molar-refractivity contribution in [3.8, 4) is 5.75 Å². The fourth-order valence-electron chi connectivity index (χ4n) is 2.85. The Morgan fingerprint density at radius 3 is 2.52 bits per heavy atom. The molecule has 1 aromatic carbocycles. The van der Waals surface area contributed by atoms with Gasteiger partial charge in [-0.3, -0.25) is 0 Å². The summed E-state index contributed by atoms with van der Waals surface area (Å²) in [4.78, 5) is 2.36. The summed E-state index contributed by atoms with van der Waals surface area (Å²) in [6.45, 7) is 4.54. The second kappa shape index (κ2) is 7.44. The van der Waals surface area contributed by atoms with Crippen molar-refractivity contribution >= 4 is 31.9 Å². The van der Waals surface area contributed by atoms with Crippen molar-refractivity contribution < 1.29 is 4.74 Å². The molecule has 2 rings (SSSR count). The molecule has 1 aliphatic carbocycles. The molecule has 1 fully saturated rings. The number of nitrogens with one attached hydrogen (secondary N) is 1. The van der Waals surface area contributed by atoms with Crippen molar-refractivity contribution in [2.75, 3.05) is 27.2 Å². The van der Waals surface area contributed by atoms with Crippen LogP contribution in [0.4, 0.5) is 0 Å². The molecule has 0 amide bonds. The number of rotatable bonds is 7. The summed E-state index contributed by atoms with van der Waals surface area (Å²) in [5.74, 6) is 0.945. The van der Waals surface area contributed by atoms with Crippen LogP contribution in [0.5, 0.6) is 5.75 Å². The lowest BCUT2D eigenvalue weighted by Gasteiger charge is -2.47. The maximum absolute atomic E-state index is 5.78. The first kappa shape index (κ1) is 17.3. The van der Waals surface area contributed by atoms with Gasteiger partial charge >= 0.3 is 0 Å². The zero-order valence-corrected chi connectivity index (χ0v) is 16.2. The normalized spacial score (nSPS) is 16.9. The summed E-state index contributed by atoms with van der Waals surface area (Å²) >= 11 is 7.14. The van der Waals surface area contributed by atoms with E-state index in [4.69, 9.17) is 4.74 Å². The van der Waals surface area contributed by atoms with E-state index in [1.807, 2.05) is 13.0 Å². The topological polar surface area (TPSA) is 24.5 Å². The Labute approximate surface area is 144 Å². The summed E-state index contributed by atoms with van der Waals surface area (Å²) in [5, 5.41) is 3.62. The molecule has 5 heteroatoms. The van der Waals surface area contributed by atoms with E-state index < -0.39 is 0 Å². The Bertz CT molecular complexity index is 487. The summed E-state index contributed by atoms with van der Waals surface area (Å²) < 4.78 is 7.85. The van der Waals surface area contributed by atoms with Crippen LogP contribution in [0.15, 0.2) is 21.1 Å². The van der Waals surface area contributed by atoms with Gasteiger partial charge in [0.15, 0.2) is 0 Å². The molecule has 0 aromatic heterocycles. The summed E-state index contributed by atoms with van der Waals surface area (Å²) in [6.07, 6.45) is 3.91. The van der Waals surface area contributed by atoms with Crippen LogP contribution >= 0.6 is 31.9 Å². The summed E-state index contributed by atoms with van der Waals surface area (Å²) in [6, 6.07) is 4.16. The van der Waals surface area contributed by atoms with Gasteiger partial charge in [0.1, 0.15) is 5.75 Å². The number of likely N-dealkylation sites (N-methyl/N-ethyl adjacent to an activating group) is 1. The smallest absolute Gasteiger partial charge is 0.138 e. The van der Waals surface area contributed by atoms with Crippen LogP contribution in [0.1, 0.15) is 31.7 Å². The molecular weight excluding hydrogens is 396 g/mol. The third-order valence-corrected chi connectivity index (χ3v) is 5.42. The number of hydrogen-bond acceptors (Lipinski definition) is 3. The van der Waals surface area contributed by atoms with Gasteiger partial charge in [0.05, 0.1) is 11.1 Å². The van der Waals surface area contributed by atoms with E-state index in [0.717, 1.165) is 27.8 Å². The maximum atomic E-state index is 5.78. The average Bonchev–Trinajstić information content (AvgIpc) is 2.35. The molecule has 1 saturated carbocycles. The van der Waals surface area contributed by atoms with E-state index in [-0.39, 0.29) is 0 Å². The lowest BCUT2D eigenvalue weighted by molar-refractivity contribution is 0.0597. The fraction of sp³-hybridized carbons (Fsp3) is 0.625. The summed E-state index contributed by atoms with van der Waals surface area (Å²) in [7, 11) is 4.37. The number of ether oxygens (including phenoxy) is 1. The zero-order chi connectivity index (χ0) is 15.5. The van der Waals surface area contributed by atoms with Gasteiger partial charge in [-0.2, -0.15) is 0 Å². The van der Waals surface area contributed by atoms with Crippen molar-refractivity contribution in [1.82, 2.24) is 10.2 Å². The van der Waals surface area contributed by atoms with Crippen LogP contribution in [0, 0.1) is 0 Å². The van der Waals surface area contributed by atoms with E-state index in [1.54, 1.807) is 0 Å². The third-order valence-electron chi connectivity index (χ3n) is 4.38. The summed E-state index contributed by atoms with van der Waals surface area (Å²) in [5.41, 5.74) is 1.53. The van der Waals surface area contributed by atoms with Gasteiger partial charge < -0.3 is 15.0 Å². The van der Waals surface area contributed by atoms with Crippen LogP contribution in [-0.2, 0) is 6.54 Å². The number of hydrogen-bond donors (Lipinski definition) is 1. The fourth-order valence-corrected chi connectivity index (χ4v) is 4.28. The molecule has 0 unspecified atom stereocenters. The highest BCUT2D eigenvalue weighted by Crippen LogP contribution is 2.36. The quantitative estimate of drug-likeness (QED) is 0.717. The molecule has 0 aliphatic heterocycles. The molecule has 1 N–H and O–H groups in total. The molecule has 0 spiro atoms. The lowest BCUT2D eigenvalue weighted by Crippen LogP contribution is -2.56. The Hall–Kier alpha value is -0.100. The van der Waals surface area contributed by atoms with Crippen LogP contribution < -0.4 is 10.1 Å². The SMILES string of the molecule is CCOc1c(Br)cc(Br)cc1CNCC1(N(C)C)CCC1. The van der Waals surface area contributed by atoms with E-state index in [9.17, 15) is 0 Å². The second-order valence-electron chi connectivity index (χ2n) is 5.88. The van der Waals surface area contributed by atoms with Gasteiger partial charge in [0.2, 0.25) is 0 Å². The Kier molecular flexibility index (Phi) is 6.12. The van der Waals surface area contributed by atoms with Crippen molar-refractivity contribution in [2.24, 2.45) is 0 Å². The van der Waals surface area contributed by atoms with Crippen LogP contribution in [0.2, 0.25) is 0 Å². The van der Waals surface area contributed by atoms with Crippen molar-refractivity contribution in [3.63, 3.8) is 0 Å². The Balaban J connectivity index is 2.02. The number of nitrogens with zero attached hydrogens (tertiary/aromatic N) is 1. The minimum atomic E-state index is 0.342. The zero-order valence-electron chi connectivity index (χ0n) is 13.0. The van der Waals surface area contributed by atoms with E-state index in [1.165, 1.54) is 24.8 Å². The molecule has 0 saturated heterocycles. The first-order valence-corrected chi connectivity index (χ1v) is 9.06.